The van der Waals surface area contributed by atoms with Crippen LogP contribution >= 0.6 is 0 Å². The van der Waals surface area contributed by atoms with Gasteiger partial charge in [0.2, 0.25) is 0 Å². The number of aryl methyl sites for hydroxylation is 2. The van der Waals surface area contributed by atoms with Gasteiger partial charge in [0.15, 0.2) is 0 Å². The Morgan fingerprint density at radius 3 is 2.42 bits per heavy atom. The minimum atomic E-state index is 0.0480. The first-order chi connectivity index (χ1) is 9.02. The zero-order valence-electron chi connectivity index (χ0n) is 11.9. The van der Waals surface area contributed by atoms with Gasteiger partial charge in [-0.05, 0) is 49.9 Å². The maximum absolute atomic E-state index is 12.6. The SMILES string of the molecule is COc1cc(C)c(C)cc1C(=O)N1CCC(N)CC1. The summed E-state index contributed by atoms with van der Waals surface area (Å²) in [6, 6.07) is 4.08. The van der Waals surface area contributed by atoms with Gasteiger partial charge in [-0.2, -0.15) is 0 Å². The molecular weight excluding hydrogens is 240 g/mol. The first-order valence-corrected chi connectivity index (χ1v) is 6.73. The highest BCUT2D eigenvalue weighted by molar-refractivity contribution is 5.97. The second-order valence-electron chi connectivity index (χ2n) is 5.27. The van der Waals surface area contributed by atoms with Gasteiger partial charge >= 0.3 is 0 Å². The summed E-state index contributed by atoms with van der Waals surface area (Å²) in [4.78, 5) is 14.4. The van der Waals surface area contributed by atoms with Crippen molar-refractivity contribution in [3.63, 3.8) is 0 Å². The van der Waals surface area contributed by atoms with Crippen LogP contribution in [0.4, 0.5) is 0 Å². The highest BCUT2D eigenvalue weighted by Crippen LogP contribution is 2.25. The summed E-state index contributed by atoms with van der Waals surface area (Å²) in [5, 5.41) is 0. The molecule has 1 aliphatic heterocycles. The second kappa shape index (κ2) is 5.61. The Labute approximate surface area is 114 Å². The Bertz CT molecular complexity index is 477. The van der Waals surface area contributed by atoms with Crippen molar-refractivity contribution in [2.75, 3.05) is 20.2 Å². The molecular formula is C15H22N2O2. The molecule has 0 radical (unpaired) electrons. The molecule has 1 aromatic rings. The fourth-order valence-electron chi connectivity index (χ4n) is 2.40. The second-order valence-corrected chi connectivity index (χ2v) is 5.27. The summed E-state index contributed by atoms with van der Waals surface area (Å²) in [7, 11) is 1.60. The van der Waals surface area contributed by atoms with Gasteiger partial charge in [-0.15, -0.1) is 0 Å². The Balaban J connectivity index is 2.25. The highest BCUT2D eigenvalue weighted by Gasteiger charge is 2.24. The van der Waals surface area contributed by atoms with Crippen LogP contribution in [-0.2, 0) is 0 Å². The molecule has 0 aromatic heterocycles. The summed E-state index contributed by atoms with van der Waals surface area (Å²) in [6.07, 6.45) is 1.75. The smallest absolute Gasteiger partial charge is 0.257 e. The number of amides is 1. The van der Waals surface area contributed by atoms with Crippen LogP contribution in [0.25, 0.3) is 0 Å². The van der Waals surface area contributed by atoms with E-state index >= 15 is 0 Å². The predicted molar refractivity (Wildman–Crippen MR) is 75.6 cm³/mol. The summed E-state index contributed by atoms with van der Waals surface area (Å²) in [5.41, 5.74) is 8.77. The largest absolute Gasteiger partial charge is 0.496 e. The van der Waals surface area contributed by atoms with Crippen molar-refractivity contribution in [1.82, 2.24) is 4.90 Å². The van der Waals surface area contributed by atoms with Crippen molar-refractivity contribution in [2.24, 2.45) is 5.73 Å². The van der Waals surface area contributed by atoms with Crippen molar-refractivity contribution in [1.29, 1.82) is 0 Å². The first-order valence-electron chi connectivity index (χ1n) is 6.73. The van der Waals surface area contributed by atoms with E-state index in [1.165, 1.54) is 0 Å². The monoisotopic (exact) mass is 262 g/mol. The summed E-state index contributed by atoms with van der Waals surface area (Å²) >= 11 is 0. The maximum atomic E-state index is 12.6. The number of carbonyl (C=O) groups excluding carboxylic acids is 1. The molecule has 0 aliphatic carbocycles. The van der Waals surface area contributed by atoms with Gasteiger partial charge in [0.05, 0.1) is 12.7 Å². The molecule has 0 saturated carbocycles. The predicted octanol–water partition coefficient (Wildman–Crippen LogP) is 1.88. The zero-order chi connectivity index (χ0) is 14.0. The number of piperidine rings is 1. The topological polar surface area (TPSA) is 55.6 Å². The molecule has 1 aromatic carbocycles. The fourth-order valence-corrected chi connectivity index (χ4v) is 2.40. The molecule has 0 atom stereocenters. The van der Waals surface area contributed by atoms with E-state index in [9.17, 15) is 4.79 Å². The standard InChI is InChI=1S/C15H22N2O2/c1-10-8-13(14(19-3)9-11(10)2)15(18)17-6-4-12(16)5-7-17/h8-9,12H,4-7,16H2,1-3H3. The number of ether oxygens (including phenoxy) is 1. The minimum Gasteiger partial charge on any atom is -0.496 e. The van der Waals surface area contributed by atoms with E-state index < -0.39 is 0 Å². The Kier molecular flexibility index (Phi) is 4.10. The van der Waals surface area contributed by atoms with E-state index in [-0.39, 0.29) is 11.9 Å². The van der Waals surface area contributed by atoms with Gasteiger partial charge < -0.3 is 15.4 Å². The third-order valence-corrected chi connectivity index (χ3v) is 3.87. The van der Waals surface area contributed by atoms with Crippen LogP contribution < -0.4 is 10.5 Å². The highest BCUT2D eigenvalue weighted by atomic mass is 16.5. The van der Waals surface area contributed by atoms with E-state index in [4.69, 9.17) is 10.5 Å². The van der Waals surface area contributed by atoms with Crippen molar-refractivity contribution >= 4 is 5.91 Å². The van der Waals surface area contributed by atoms with Crippen LogP contribution in [-0.4, -0.2) is 37.0 Å². The van der Waals surface area contributed by atoms with Crippen LogP contribution in [0.2, 0.25) is 0 Å². The lowest BCUT2D eigenvalue weighted by molar-refractivity contribution is 0.0711. The van der Waals surface area contributed by atoms with Crippen LogP contribution in [0.1, 0.15) is 34.3 Å². The van der Waals surface area contributed by atoms with Gasteiger partial charge in [-0.25, -0.2) is 0 Å². The lowest BCUT2D eigenvalue weighted by Gasteiger charge is -2.30. The van der Waals surface area contributed by atoms with Crippen molar-refractivity contribution < 1.29 is 9.53 Å². The number of nitrogens with two attached hydrogens (primary N) is 1. The molecule has 4 nitrogen and oxygen atoms in total. The number of methoxy groups -OCH3 is 1. The average Bonchev–Trinajstić information content (AvgIpc) is 2.41. The van der Waals surface area contributed by atoms with E-state index in [0.717, 1.165) is 37.1 Å². The molecule has 1 aliphatic rings. The molecule has 19 heavy (non-hydrogen) atoms. The minimum absolute atomic E-state index is 0.0480. The summed E-state index contributed by atoms with van der Waals surface area (Å²) < 4.78 is 5.34. The number of benzene rings is 1. The molecule has 1 amide bonds. The molecule has 0 unspecified atom stereocenters. The molecule has 104 valence electrons. The van der Waals surface area contributed by atoms with Gasteiger partial charge in [0, 0.05) is 19.1 Å². The molecule has 1 heterocycles. The number of rotatable bonds is 2. The number of hydrogen-bond donors (Lipinski definition) is 1. The number of nitrogens with zero attached hydrogens (tertiary/aromatic N) is 1. The van der Waals surface area contributed by atoms with E-state index in [2.05, 4.69) is 0 Å². The van der Waals surface area contributed by atoms with Gasteiger partial charge in [0.25, 0.3) is 5.91 Å². The molecule has 4 heteroatoms. The Hall–Kier alpha value is -1.55. The molecule has 1 fully saturated rings. The number of carbonyl (C=O) groups is 1. The molecule has 2 N–H and O–H groups in total. The average molecular weight is 262 g/mol. The third-order valence-electron chi connectivity index (χ3n) is 3.87. The normalized spacial score (nSPS) is 16.5. The van der Waals surface area contributed by atoms with Crippen molar-refractivity contribution in [2.45, 2.75) is 32.7 Å². The third kappa shape index (κ3) is 2.89. The Morgan fingerprint density at radius 1 is 1.26 bits per heavy atom. The summed E-state index contributed by atoms with van der Waals surface area (Å²) in [6.45, 7) is 5.50. The lowest BCUT2D eigenvalue weighted by atomic mass is 10.0. The first kappa shape index (κ1) is 13.9. The van der Waals surface area contributed by atoms with Crippen molar-refractivity contribution in [3.05, 3.63) is 28.8 Å². The van der Waals surface area contributed by atoms with Crippen molar-refractivity contribution in [3.8, 4) is 5.75 Å². The molecule has 1 saturated heterocycles. The van der Waals surface area contributed by atoms with Gasteiger partial charge in [0.1, 0.15) is 5.75 Å². The zero-order valence-corrected chi connectivity index (χ0v) is 11.9. The van der Waals surface area contributed by atoms with Crippen LogP contribution in [0.3, 0.4) is 0 Å². The van der Waals surface area contributed by atoms with Crippen LogP contribution in [0.5, 0.6) is 5.75 Å². The Morgan fingerprint density at radius 2 is 1.84 bits per heavy atom. The number of likely N-dealkylation sites (tertiary alicyclic amines) is 1. The van der Waals surface area contributed by atoms with E-state index in [1.54, 1.807) is 7.11 Å². The van der Waals surface area contributed by atoms with E-state index in [1.807, 2.05) is 30.9 Å². The lowest BCUT2D eigenvalue weighted by Crippen LogP contribution is -2.43. The van der Waals surface area contributed by atoms with Crippen LogP contribution in [0, 0.1) is 13.8 Å². The van der Waals surface area contributed by atoms with Crippen LogP contribution in [0.15, 0.2) is 12.1 Å². The molecule has 2 rings (SSSR count). The quantitative estimate of drug-likeness (QED) is 0.885. The number of hydrogen-bond acceptors (Lipinski definition) is 3. The fraction of sp³-hybridized carbons (Fsp3) is 0.533. The molecule has 0 spiro atoms. The van der Waals surface area contributed by atoms with E-state index in [0.29, 0.717) is 11.3 Å². The maximum Gasteiger partial charge on any atom is 0.257 e. The van der Waals surface area contributed by atoms with Gasteiger partial charge in [-0.1, -0.05) is 0 Å². The van der Waals surface area contributed by atoms with Gasteiger partial charge in [-0.3, -0.25) is 4.79 Å². The molecule has 0 bridgehead atoms. The summed E-state index contributed by atoms with van der Waals surface area (Å²) in [5.74, 6) is 0.704.